The summed E-state index contributed by atoms with van der Waals surface area (Å²) in [6.45, 7) is 6.02. The number of hydrogen-bond acceptors (Lipinski definition) is 8. The van der Waals surface area contributed by atoms with Crippen molar-refractivity contribution in [1.82, 2.24) is 10.6 Å². The maximum atomic E-state index is 6.58. The van der Waals surface area contributed by atoms with Crippen LogP contribution in [-0.4, -0.2) is 86.3 Å². The molecule has 0 bridgehead atoms. The molecular weight excluding hydrogens is 396 g/mol. The van der Waals surface area contributed by atoms with Gasteiger partial charge in [0.2, 0.25) is 0 Å². The molecule has 0 aliphatic carbocycles. The minimum atomic E-state index is -0.150. The summed E-state index contributed by atoms with van der Waals surface area (Å²) < 4.78 is 13.0. The average Bonchev–Trinajstić information content (AvgIpc) is 3.29. The second-order valence-corrected chi connectivity index (χ2v) is 10.6. The first-order valence-electron chi connectivity index (χ1n) is 11.0. The lowest BCUT2D eigenvalue weighted by atomic mass is 9.73. The fraction of sp³-hybridized carbons (Fsp3) is 1.00. The maximum Gasteiger partial charge on any atom is 0.0869 e. The molecule has 4 aliphatic heterocycles. The van der Waals surface area contributed by atoms with Crippen LogP contribution >= 0.6 is 23.5 Å². The molecule has 6 nitrogen and oxygen atoms in total. The minimum Gasteiger partial charge on any atom is -0.376 e. The number of nitrogens with one attached hydrogen (secondary N) is 2. The molecule has 0 aromatic heterocycles. The molecule has 8 heteroatoms. The van der Waals surface area contributed by atoms with Gasteiger partial charge in [0.05, 0.1) is 36.2 Å². The lowest BCUT2D eigenvalue weighted by Gasteiger charge is -2.51. The molecule has 5 unspecified atom stereocenters. The van der Waals surface area contributed by atoms with Gasteiger partial charge in [-0.2, -0.15) is 23.5 Å². The molecule has 0 saturated carbocycles. The van der Waals surface area contributed by atoms with Gasteiger partial charge in [-0.1, -0.05) is 0 Å². The van der Waals surface area contributed by atoms with Gasteiger partial charge < -0.3 is 20.1 Å². The average molecular weight is 433 g/mol. The summed E-state index contributed by atoms with van der Waals surface area (Å²) in [5.74, 6) is 3.77. The number of ether oxygens (including phenoxy) is 2. The largest absolute Gasteiger partial charge is 0.376 e. The van der Waals surface area contributed by atoms with Gasteiger partial charge in [0, 0.05) is 31.4 Å². The van der Waals surface area contributed by atoms with Crippen molar-refractivity contribution in [2.45, 2.75) is 55.1 Å². The van der Waals surface area contributed by atoms with E-state index >= 15 is 0 Å². The van der Waals surface area contributed by atoms with Crippen LogP contribution in [0.2, 0.25) is 0 Å². The van der Waals surface area contributed by atoms with Gasteiger partial charge in [0.1, 0.15) is 0 Å². The zero-order valence-electron chi connectivity index (χ0n) is 16.9. The van der Waals surface area contributed by atoms with Crippen LogP contribution in [0.5, 0.6) is 0 Å². The monoisotopic (exact) mass is 432 g/mol. The predicted molar refractivity (Wildman–Crippen MR) is 115 cm³/mol. The van der Waals surface area contributed by atoms with Crippen molar-refractivity contribution in [3.8, 4) is 0 Å². The Hall–Kier alpha value is 0.460. The number of rotatable bonds is 3. The molecule has 0 radical (unpaired) electrons. The van der Waals surface area contributed by atoms with Crippen LogP contribution in [0.15, 0.2) is 0 Å². The van der Waals surface area contributed by atoms with Crippen LogP contribution in [0.3, 0.4) is 0 Å². The Kier molecular flexibility index (Phi) is 8.66. The third kappa shape index (κ3) is 5.02. The molecule has 4 saturated heterocycles. The third-order valence-corrected chi connectivity index (χ3v) is 9.09. The maximum absolute atomic E-state index is 6.58. The normalized spacial score (nSPS) is 42.0. The van der Waals surface area contributed by atoms with Gasteiger partial charge in [0.25, 0.3) is 0 Å². The summed E-state index contributed by atoms with van der Waals surface area (Å²) in [6, 6.07) is 0. The molecule has 28 heavy (non-hydrogen) atoms. The Balaban J connectivity index is 1.69. The Morgan fingerprint density at radius 3 is 2.86 bits per heavy atom. The minimum absolute atomic E-state index is 0.150. The summed E-state index contributed by atoms with van der Waals surface area (Å²) in [7, 11) is 0. The molecule has 162 valence electrons. The van der Waals surface area contributed by atoms with E-state index in [9.17, 15) is 0 Å². The second-order valence-electron chi connectivity index (χ2n) is 8.21. The van der Waals surface area contributed by atoms with Gasteiger partial charge >= 0.3 is 0 Å². The highest BCUT2D eigenvalue weighted by Crippen LogP contribution is 2.43. The van der Waals surface area contributed by atoms with E-state index in [0.29, 0.717) is 24.4 Å². The van der Waals surface area contributed by atoms with Gasteiger partial charge in [0.15, 0.2) is 0 Å². The van der Waals surface area contributed by atoms with Gasteiger partial charge in [-0.25, -0.2) is 9.78 Å². The number of hydrogen-bond donors (Lipinski definition) is 2. The summed E-state index contributed by atoms with van der Waals surface area (Å²) >= 11 is 4.14. The van der Waals surface area contributed by atoms with Crippen LogP contribution in [0, 0.1) is 5.92 Å². The van der Waals surface area contributed by atoms with Crippen molar-refractivity contribution in [3.63, 3.8) is 0 Å². The molecule has 4 fully saturated rings. The van der Waals surface area contributed by atoms with Crippen LogP contribution in [0.25, 0.3) is 0 Å². The van der Waals surface area contributed by atoms with Gasteiger partial charge in [-0.15, -0.1) is 0 Å². The van der Waals surface area contributed by atoms with E-state index in [-0.39, 0.29) is 17.7 Å². The fourth-order valence-corrected chi connectivity index (χ4v) is 7.78. The Morgan fingerprint density at radius 2 is 1.86 bits per heavy atom. The molecule has 5 atom stereocenters. The first kappa shape index (κ1) is 21.7. The molecule has 0 amide bonds. The van der Waals surface area contributed by atoms with E-state index < -0.39 is 0 Å². The van der Waals surface area contributed by atoms with Crippen molar-refractivity contribution < 1.29 is 19.2 Å². The lowest BCUT2D eigenvalue weighted by molar-refractivity contribution is -0.296. The highest BCUT2D eigenvalue weighted by molar-refractivity contribution is 8.00. The van der Waals surface area contributed by atoms with E-state index in [4.69, 9.17) is 19.2 Å². The summed E-state index contributed by atoms with van der Waals surface area (Å²) in [5.41, 5.74) is -0.150. The summed E-state index contributed by atoms with van der Waals surface area (Å²) in [5, 5.41) is 8.01. The van der Waals surface area contributed by atoms with Gasteiger partial charge in [-0.3, -0.25) is 0 Å². The van der Waals surface area contributed by atoms with Crippen LogP contribution < -0.4 is 10.6 Å². The molecule has 0 spiro atoms. The van der Waals surface area contributed by atoms with E-state index in [1.807, 2.05) is 11.8 Å². The van der Waals surface area contributed by atoms with Crippen LogP contribution in [0.4, 0.5) is 0 Å². The molecule has 4 heterocycles. The summed E-state index contributed by atoms with van der Waals surface area (Å²) in [4.78, 5) is 11.0. The van der Waals surface area contributed by atoms with Crippen molar-refractivity contribution in [2.24, 2.45) is 5.92 Å². The standard InChI is InChI=1S/C20H36N2O4S2/c1-5-16(14-26-25-10-1)20(18-15-27-11-4-9-24-18)19(28-12-3-7-22-20)17-13-21-6-2-8-23-17/h16-19,21-22H,1-15H2. The van der Waals surface area contributed by atoms with Crippen molar-refractivity contribution in [3.05, 3.63) is 0 Å². The van der Waals surface area contributed by atoms with Crippen molar-refractivity contribution >= 4 is 23.5 Å². The molecule has 2 N–H and O–H groups in total. The van der Waals surface area contributed by atoms with Crippen LogP contribution in [0.1, 0.15) is 32.1 Å². The highest BCUT2D eigenvalue weighted by Gasteiger charge is 2.55. The zero-order chi connectivity index (χ0) is 19.1. The molecule has 4 aliphatic rings. The Morgan fingerprint density at radius 1 is 0.893 bits per heavy atom. The predicted octanol–water partition coefficient (Wildman–Crippen LogP) is 2.08. The molecule has 0 aromatic rings. The fourth-order valence-electron chi connectivity index (χ4n) is 5.05. The Bertz CT molecular complexity index is 429. The first-order chi connectivity index (χ1) is 13.9. The molecule has 4 rings (SSSR count). The molecular formula is C20H36N2O4S2. The quantitative estimate of drug-likeness (QED) is 0.658. The van der Waals surface area contributed by atoms with E-state index in [1.165, 1.54) is 17.9 Å². The Labute approximate surface area is 177 Å². The second kappa shape index (κ2) is 11.2. The lowest BCUT2D eigenvalue weighted by Crippen LogP contribution is -2.70. The SMILES string of the molecule is C1CNCC(C2SCCCNC2(C2CCCOOC2)C2CSCCCO2)OC1. The topological polar surface area (TPSA) is 61.0 Å². The first-order valence-corrected chi connectivity index (χ1v) is 13.2. The van der Waals surface area contributed by atoms with Crippen molar-refractivity contribution in [1.29, 1.82) is 0 Å². The third-order valence-electron chi connectivity index (χ3n) is 6.40. The zero-order valence-corrected chi connectivity index (χ0v) is 18.5. The van der Waals surface area contributed by atoms with Crippen LogP contribution in [-0.2, 0) is 19.2 Å². The smallest absolute Gasteiger partial charge is 0.0869 e. The van der Waals surface area contributed by atoms with E-state index in [1.54, 1.807) is 0 Å². The molecule has 0 aromatic carbocycles. The highest BCUT2D eigenvalue weighted by atomic mass is 32.2. The van der Waals surface area contributed by atoms with E-state index in [2.05, 4.69) is 22.4 Å². The van der Waals surface area contributed by atoms with Gasteiger partial charge in [-0.05, 0) is 56.7 Å². The number of thioether (sulfide) groups is 2. The summed E-state index contributed by atoms with van der Waals surface area (Å²) in [6.07, 6.45) is 5.93. The van der Waals surface area contributed by atoms with E-state index in [0.717, 1.165) is 64.3 Å². The van der Waals surface area contributed by atoms with Crippen molar-refractivity contribution in [2.75, 3.05) is 63.3 Å².